The van der Waals surface area contributed by atoms with E-state index in [0.717, 1.165) is 0 Å². The minimum atomic E-state index is -1.22. The van der Waals surface area contributed by atoms with Crippen LogP contribution in [0.15, 0.2) is 18.2 Å². The average Bonchev–Trinajstić information content (AvgIpc) is 2.56. The van der Waals surface area contributed by atoms with E-state index < -0.39 is 18.0 Å². The second-order valence-electron chi connectivity index (χ2n) is 3.05. The average molecular weight is 208 g/mol. The number of rotatable bonds is 2. The molecule has 2 rings (SSSR count). The van der Waals surface area contributed by atoms with Gasteiger partial charge < -0.3 is 14.6 Å². The number of aliphatic carboxylic acids is 1. The maximum atomic E-state index is 11.4. The number of carboxylic acid groups (broad SMARTS) is 1. The van der Waals surface area contributed by atoms with Crippen LogP contribution in [0.1, 0.15) is 22.0 Å². The topological polar surface area (TPSA) is 72.8 Å². The fraction of sp³-hybridized carbons (Fsp3) is 0.200. The molecule has 0 radical (unpaired) electrons. The van der Waals surface area contributed by atoms with Crippen LogP contribution in [-0.4, -0.2) is 24.2 Å². The molecule has 1 aliphatic heterocycles. The van der Waals surface area contributed by atoms with E-state index in [1.807, 2.05) is 0 Å². The van der Waals surface area contributed by atoms with Crippen LogP contribution in [0.2, 0.25) is 0 Å². The molecule has 1 unspecified atom stereocenters. The van der Waals surface area contributed by atoms with Gasteiger partial charge in [0.2, 0.25) is 6.10 Å². The summed E-state index contributed by atoms with van der Waals surface area (Å²) < 4.78 is 9.68. The van der Waals surface area contributed by atoms with Gasteiger partial charge in [0, 0.05) is 5.56 Å². The first-order valence-corrected chi connectivity index (χ1v) is 4.26. The van der Waals surface area contributed by atoms with Gasteiger partial charge in [-0.25, -0.2) is 9.59 Å². The lowest BCUT2D eigenvalue weighted by Gasteiger charge is -2.04. The molecular formula is C10H8O5. The molecule has 0 saturated heterocycles. The van der Waals surface area contributed by atoms with Gasteiger partial charge in [-0.1, -0.05) is 12.1 Å². The molecule has 0 saturated carbocycles. The number of methoxy groups -OCH3 is 1. The van der Waals surface area contributed by atoms with Gasteiger partial charge in [0.1, 0.15) is 11.3 Å². The molecule has 1 atom stereocenters. The molecule has 78 valence electrons. The van der Waals surface area contributed by atoms with Crippen LogP contribution in [0.25, 0.3) is 0 Å². The van der Waals surface area contributed by atoms with Crippen molar-refractivity contribution in [3.8, 4) is 5.75 Å². The number of ether oxygens (including phenoxy) is 2. The molecular weight excluding hydrogens is 200 g/mol. The van der Waals surface area contributed by atoms with E-state index in [-0.39, 0.29) is 5.56 Å². The molecule has 1 aromatic carbocycles. The van der Waals surface area contributed by atoms with E-state index in [1.165, 1.54) is 7.11 Å². The second kappa shape index (κ2) is 3.27. The van der Waals surface area contributed by atoms with Gasteiger partial charge in [-0.05, 0) is 6.07 Å². The van der Waals surface area contributed by atoms with Crippen molar-refractivity contribution in [1.29, 1.82) is 0 Å². The Labute approximate surface area is 85.2 Å². The summed E-state index contributed by atoms with van der Waals surface area (Å²) in [6.07, 6.45) is -1.22. The number of carbonyl (C=O) groups is 2. The van der Waals surface area contributed by atoms with Crippen LogP contribution in [0.4, 0.5) is 0 Å². The van der Waals surface area contributed by atoms with E-state index >= 15 is 0 Å². The van der Waals surface area contributed by atoms with E-state index in [4.69, 9.17) is 14.6 Å². The highest BCUT2D eigenvalue weighted by atomic mass is 16.6. The molecule has 1 aromatic rings. The SMILES string of the molecule is COc1cccc2c1C(=O)OC2C(=O)O. The minimum absolute atomic E-state index is 0.201. The second-order valence-corrected chi connectivity index (χ2v) is 3.05. The van der Waals surface area contributed by atoms with Crippen LogP contribution in [0, 0.1) is 0 Å². The quantitative estimate of drug-likeness (QED) is 0.733. The summed E-state index contributed by atoms with van der Waals surface area (Å²) in [4.78, 5) is 22.2. The summed E-state index contributed by atoms with van der Waals surface area (Å²) in [5, 5.41) is 8.82. The third kappa shape index (κ3) is 1.32. The van der Waals surface area contributed by atoms with Crippen LogP contribution in [0.5, 0.6) is 5.75 Å². The normalized spacial score (nSPS) is 18.2. The Morgan fingerprint density at radius 1 is 1.53 bits per heavy atom. The minimum Gasteiger partial charge on any atom is -0.496 e. The van der Waals surface area contributed by atoms with Crippen LogP contribution in [-0.2, 0) is 9.53 Å². The predicted molar refractivity (Wildman–Crippen MR) is 48.8 cm³/mol. The van der Waals surface area contributed by atoms with E-state index in [9.17, 15) is 9.59 Å². The van der Waals surface area contributed by atoms with Gasteiger partial charge in [0.15, 0.2) is 0 Å². The van der Waals surface area contributed by atoms with Gasteiger partial charge >= 0.3 is 11.9 Å². The van der Waals surface area contributed by atoms with Crippen LogP contribution < -0.4 is 4.74 Å². The lowest BCUT2D eigenvalue weighted by Crippen LogP contribution is -2.10. The smallest absolute Gasteiger partial charge is 0.349 e. The Balaban J connectivity index is 2.58. The maximum Gasteiger partial charge on any atom is 0.349 e. The highest BCUT2D eigenvalue weighted by Gasteiger charge is 2.38. The van der Waals surface area contributed by atoms with Gasteiger partial charge in [-0.2, -0.15) is 0 Å². The Bertz CT molecular complexity index is 437. The van der Waals surface area contributed by atoms with Crippen molar-refractivity contribution in [3.63, 3.8) is 0 Å². The first-order chi connectivity index (χ1) is 7.15. The molecule has 5 nitrogen and oxygen atoms in total. The standard InChI is InChI=1S/C10H8O5/c1-14-6-4-2-3-5-7(6)10(13)15-8(5)9(11)12/h2-4,8H,1H3,(H,11,12). The van der Waals surface area contributed by atoms with E-state index in [1.54, 1.807) is 18.2 Å². The monoisotopic (exact) mass is 208 g/mol. The zero-order valence-corrected chi connectivity index (χ0v) is 7.89. The number of hydrogen-bond acceptors (Lipinski definition) is 4. The third-order valence-electron chi connectivity index (χ3n) is 2.21. The number of hydrogen-bond donors (Lipinski definition) is 1. The van der Waals surface area contributed by atoms with E-state index in [2.05, 4.69) is 0 Å². The van der Waals surface area contributed by atoms with Crippen molar-refractivity contribution in [1.82, 2.24) is 0 Å². The van der Waals surface area contributed by atoms with Gasteiger partial charge in [-0.3, -0.25) is 0 Å². The molecule has 1 heterocycles. The van der Waals surface area contributed by atoms with Gasteiger partial charge in [0.05, 0.1) is 7.11 Å². The summed E-state index contributed by atoms with van der Waals surface area (Å²) in [6.45, 7) is 0. The Morgan fingerprint density at radius 3 is 2.87 bits per heavy atom. The highest BCUT2D eigenvalue weighted by Crippen LogP contribution is 2.36. The first kappa shape index (κ1) is 9.51. The van der Waals surface area contributed by atoms with Crippen molar-refractivity contribution < 1.29 is 24.2 Å². The molecule has 0 aromatic heterocycles. The number of benzene rings is 1. The zero-order valence-electron chi connectivity index (χ0n) is 7.89. The first-order valence-electron chi connectivity index (χ1n) is 4.26. The summed E-state index contributed by atoms with van der Waals surface area (Å²) in [6, 6.07) is 4.75. The summed E-state index contributed by atoms with van der Waals surface area (Å²) in [5.74, 6) is -1.51. The molecule has 1 aliphatic rings. The lowest BCUT2D eigenvalue weighted by atomic mass is 10.0. The summed E-state index contributed by atoms with van der Waals surface area (Å²) in [5.41, 5.74) is 0.541. The summed E-state index contributed by atoms with van der Waals surface area (Å²) >= 11 is 0. The molecule has 5 heteroatoms. The molecule has 15 heavy (non-hydrogen) atoms. The molecule has 0 fully saturated rings. The van der Waals surface area contributed by atoms with Crippen LogP contribution in [0.3, 0.4) is 0 Å². The fourth-order valence-corrected chi connectivity index (χ4v) is 1.57. The van der Waals surface area contributed by atoms with Crippen molar-refractivity contribution in [2.75, 3.05) is 7.11 Å². The van der Waals surface area contributed by atoms with Crippen molar-refractivity contribution in [2.24, 2.45) is 0 Å². The Kier molecular flexibility index (Phi) is 2.07. The van der Waals surface area contributed by atoms with Crippen LogP contribution >= 0.6 is 0 Å². The number of esters is 1. The number of carboxylic acids is 1. The van der Waals surface area contributed by atoms with Gasteiger partial charge in [-0.15, -0.1) is 0 Å². The molecule has 0 bridgehead atoms. The summed E-state index contributed by atoms with van der Waals surface area (Å²) in [7, 11) is 1.41. The number of carbonyl (C=O) groups excluding carboxylic acids is 1. The molecule has 0 amide bonds. The predicted octanol–water partition coefficient (Wildman–Crippen LogP) is 0.991. The maximum absolute atomic E-state index is 11.4. The van der Waals surface area contributed by atoms with Gasteiger partial charge in [0.25, 0.3) is 0 Å². The third-order valence-corrected chi connectivity index (χ3v) is 2.21. The van der Waals surface area contributed by atoms with Crippen molar-refractivity contribution in [3.05, 3.63) is 29.3 Å². The Morgan fingerprint density at radius 2 is 2.27 bits per heavy atom. The fourth-order valence-electron chi connectivity index (χ4n) is 1.57. The van der Waals surface area contributed by atoms with Crippen molar-refractivity contribution >= 4 is 11.9 Å². The highest BCUT2D eigenvalue weighted by molar-refractivity contribution is 6.00. The van der Waals surface area contributed by atoms with Crippen molar-refractivity contribution in [2.45, 2.75) is 6.10 Å². The molecule has 0 spiro atoms. The Hall–Kier alpha value is -2.04. The number of fused-ring (bicyclic) bond motifs is 1. The molecule has 0 aliphatic carbocycles. The zero-order chi connectivity index (χ0) is 11.0. The molecule has 1 N–H and O–H groups in total. The van der Waals surface area contributed by atoms with E-state index in [0.29, 0.717) is 11.3 Å². The number of cyclic esters (lactones) is 1. The lowest BCUT2D eigenvalue weighted by molar-refractivity contribution is -0.146. The largest absolute Gasteiger partial charge is 0.496 e.